The average Bonchev–Trinajstić information content (AvgIpc) is 3.24. The molecular formula is C20H27N3O3. The number of methoxy groups -OCH3 is 1. The third kappa shape index (κ3) is 4.25. The highest BCUT2D eigenvalue weighted by atomic mass is 16.5. The van der Waals surface area contributed by atoms with E-state index in [2.05, 4.69) is 42.2 Å². The van der Waals surface area contributed by atoms with Gasteiger partial charge in [-0.1, -0.05) is 38.1 Å². The number of hydrogen-bond donors (Lipinski definition) is 1. The van der Waals surface area contributed by atoms with Crippen LogP contribution >= 0.6 is 0 Å². The van der Waals surface area contributed by atoms with Crippen LogP contribution in [0.5, 0.6) is 5.75 Å². The Morgan fingerprint density at radius 3 is 2.88 bits per heavy atom. The maximum Gasteiger partial charge on any atom is 0.240 e. The van der Waals surface area contributed by atoms with Crippen LogP contribution in [0, 0.1) is 0 Å². The van der Waals surface area contributed by atoms with Gasteiger partial charge in [0.05, 0.1) is 19.3 Å². The first-order valence-corrected chi connectivity index (χ1v) is 9.02. The number of likely N-dealkylation sites (tertiary alicyclic amines) is 1. The number of nitrogens with zero attached hydrogens (tertiary/aromatic N) is 2. The van der Waals surface area contributed by atoms with Gasteiger partial charge in [0.25, 0.3) is 0 Å². The second kappa shape index (κ2) is 7.50. The third-order valence-electron chi connectivity index (χ3n) is 4.73. The van der Waals surface area contributed by atoms with Crippen LogP contribution in [0.2, 0.25) is 0 Å². The van der Waals surface area contributed by atoms with E-state index in [1.807, 2.05) is 18.2 Å². The zero-order chi connectivity index (χ0) is 18.7. The fraction of sp³-hybridized carbons (Fsp3) is 0.500. The van der Waals surface area contributed by atoms with Gasteiger partial charge in [-0.25, -0.2) is 0 Å². The number of anilines is 1. The van der Waals surface area contributed by atoms with Gasteiger partial charge in [0.1, 0.15) is 5.75 Å². The van der Waals surface area contributed by atoms with Crippen molar-refractivity contribution >= 4 is 11.8 Å². The molecule has 0 radical (unpaired) electrons. The van der Waals surface area contributed by atoms with Crippen LogP contribution in [0.1, 0.15) is 50.9 Å². The first-order chi connectivity index (χ1) is 12.4. The number of carbonyl (C=O) groups excluding carboxylic acids is 1. The summed E-state index contributed by atoms with van der Waals surface area (Å²) in [5.74, 6) is 1.16. The van der Waals surface area contributed by atoms with Crippen molar-refractivity contribution in [2.45, 2.75) is 45.1 Å². The molecular weight excluding hydrogens is 330 g/mol. The fourth-order valence-electron chi connectivity index (χ4n) is 3.29. The van der Waals surface area contributed by atoms with Crippen LogP contribution in [-0.4, -0.2) is 36.2 Å². The first-order valence-electron chi connectivity index (χ1n) is 9.02. The highest BCUT2D eigenvalue weighted by Gasteiger charge is 2.28. The van der Waals surface area contributed by atoms with E-state index in [4.69, 9.17) is 9.26 Å². The molecule has 1 saturated heterocycles. The average molecular weight is 357 g/mol. The van der Waals surface area contributed by atoms with Crippen molar-refractivity contribution in [2.75, 3.05) is 25.5 Å². The summed E-state index contributed by atoms with van der Waals surface area (Å²) in [6, 6.07) is 10.1. The highest BCUT2D eigenvalue weighted by Crippen LogP contribution is 2.33. The Balaban J connectivity index is 1.63. The molecule has 0 spiro atoms. The maximum absolute atomic E-state index is 12.5. The van der Waals surface area contributed by atoms with E-state index in [0.717, 1.165) is 30.8 Å². The van der Waals surface area contributed by atoms with E-state index in [9.17, 15) is 4.79 Å². The Labute approximate surface area is 154 Å². The van der Waals surface area contributed by atoms with Gasteiger partial charge in [0, 0.05) is 17.5 Å². The van der Waals surface area contributed by atoms with Crippen molar-refractivity contribution < 1.29 is 14.1 Å². The van der Waals surface area contributed by atoms with Crippen molar-refractivity contribution in [2.24, 2.45) is 0 Å². The first kappa shape index (κ1) is 18.5. The number of aromatic nitrogens is 1. The minimum absolute atomic E-state index is 0.0867. The summed E-state index contributed by atoms with van der Waals surface area (Å²) in [4.78, 5) is 14.7. The Hall–Kier alpha value is -2.34. The molecule has 1 aliphatic rings. The van der Waals surface area contributed by atoms with Crippen LogP contribution in [-0.2, 0) is 10.2 Å². The van der Waals surface area contributed by atoms with Crippen LogP contribution in [0.3, 0.4) is 0 Å². The van der Waals surface area contributed by atoms with Gasteiger partial charge >= 0.3 is 0 Å². The van der Waals surface area contributed by atoms with Gasteiger partial charge in [0.2, 0.25) is 11.8 Å². The molecule has 2 aromatic rings. The molecule has 2 heterocycles. The number of nitrogens with one attached hydrogen (secondary N) is 1. The lowest BCUT2D eigenvalue weighted by atomic mass is 9.92. The molecule has 1 unspecified atom stereocenters. The normalized spacial score (nSPS) is 18.1. The molecule has 1 aromatic carbocycles. The predicted molar refractivity (Wildman–Crippen MR) is 100 cm³/mol. The summed E-state index contributed by atoms with van der Waals surface area (Å²) in [5.41, 5.74) is 1.89. The van der Waals surface area contributed by atoms with E-state index in [0.29, 0.717) is 12.4 Å². The number of carbonyl (C=O) groups is 1. The van der Waals surface area contributed by atoms with Crippen molar-refractivity contribution in [3.63, 3.8) is 0 Å². The molecule has 0 saturated carbocycles. The Bertz CT molecular complexity index is 764. The van der Waals surface area contributed by atoms with Gasteiger partial charge in [-0.05, 0) is 37.1 Å². The number of amides is 1. The van der Waals surface area contributed by atoms with Gasteiger partial charge in [0.15, 0.2) is 0 Å². The lowest BCUT2D eigenvalue weighted by molar-refractivity contribution is -0.117. The highest BCUT2D eigenvalue weighted by molar-refractivity contribution is 5.91. The minimum Gasteiger partial charge on any atom is -0.497 e. The van der Waals surface area contributed by atoms with E-state index in [1.165, 1.54) is 5.56 Å². The van der Waals surface area contributed by atoms with E-state index < -0.39 is 0 Å². The summed E-state index contributed by atoms with van der Waals surface area (Å²) in [6.45, 7) is 7.39. The molecule has 6 heteroatoms. The van der Waals surface area contributed by atoms with Crippen molar-refractivity contribution in [1.29, 1.82) is 0 Å². The standard InChI is InChI=1S/C20H27N3O3/c1-20(2,3)17-12-19(26-22-17)21-18(24)13-23-10-6-9-16(23)14-7-5-8-15(11-14)25-4/h5,7-8,11-12,16H,6,9-10,13H2,1-4H3,(H,21,24). The van der Waals surface area contributed by atoms with Gasteiger partial charge in [-0.2, -0.15) is 0 Å². The monoisotopic (exact) mass is 357 g/mol. The molecule has 1 aromatic heterocycles. The summed E-state index contributed by atoms with van der Waals surface area (Å²) in [5, 5.41) is 6.86. The summed E-state index contributed by atoms with van der Waals surface area (Å²) >= 11 is 0. The molecule has 1 fully saturated rings. The molecule has 26 heavy (non-hydrogen) atoms. The minimum atomic E-state index is -0.112. The Kier molecular flexibility index (Phi) is 5.32. The SMILES string of the molecule is COc1cccc(C2CCCN2CC(=O)Nc2cc(C(C)(C)C)no2)c1. The summed E-state index contributed by atoms with van der Waals surface area (Å²) < 4.78 is 10.6. The topological polar surface area (TPSA) is 67.6 Å². The molecule has 1 N–H and O–H groups in total. The van der Waals surface area contributed by atoms with E-state index in [-0.39, 0.29) is 17.4 Å². The molecule has 0 bridgehead atoms. The summed E-state index contributed by atoms with van der Waals surface area (Å²) in [6.07, 6.45) is 2.11. The fourth-order valence-corrected chi connectivity index (χ4v) is 3.29. The van der Waals surface area contributed by atoms with Crippen molar-refractivity contribution in [3.8, 4) is 5.75 Å². The molecule has 1 atom stereocenters. The third-order valence-corrected chi connectivity index (χ3v) is 4.73. The Morgan fingerprint density at radius 1 is 1.38 bits per heavy atom. The van der Waals surface area contributed by atoms with E-state index in [1.54, 1.807) is 13.2 Å². The number of hydrogen-bond acceptors (Lipinski definition) is 5. The molecule has 1 aliphatic heterocycles. The van der Waals surface area contributed by atoms with Crippen LogP contribution in [0.25, 0.3) is 0 Å². The molecule has 1 amide bonds. The van der Waals surface area contributed by atoms with E-state index >= 15 is 0 Å². The number of benzene rings is 1. The van der Waals surface area contributed by atoms with Crippen LogP contribution in [0.4, 0.5) is 5.88 Å². The quantitative estimate of drug-likeness (QED) is 0.882. The lowest BCUT2D eigenvalue weighted by Gasteiger charge is -2.24. The number of rotatable bonds is 5. The van der Waals surface area contributed by atoms with Crippen molar-refractivity contribution in [1.82, 2.24) is 10.1 Å². The van der Waals surface area contributed by atoms with Gasteiger partial charge in [-0.15, -0.1) is 0 Å². The Morgan fingerprint density at radius 2 is 2.19 bits per heavy atom. The van der Waals surface area contributed by atoms with Gasteiger partial charge < -0.3 is 9.26 Å². The van der Waals surface area contributed by atoms with Gasteiger partial charge in [-0.3, -0.25) is 15.0 Å². The predicted octanol–water partition coefficient (Wildman–Crippen LogP) is 3.76. The lowest BCUT2D eigenvalue weighted by Crippen LogP contribution is -2.32. The second-order valence-corrected chi connectivity index (χ2v) is 7.78. The zero-order valence-electron chi connectivity index (χ0n) is 15.9. The largest absolute Gasteiger partial charge is 0.497 e. The number of ether oxygens (including phenoxy) is 1. The van der Waals surface area contributed by atoms with Crippen LogP contribution in [0.15, 0.2) is 34.9 Å². The summed E-state index contributed by atoms with van der Waals surface area (Å²) in [7, 11) is 1.67. The van der Waals surface area contributed by atoms with Crippen LogP contribution < -0.4 is 10.1 Å². The maximum atomic E-state index is 12.5. The molecule has 140 valence electrons. The molecule has 0 aliphatic carbocycles. The molecule has 3 rings (SSSR count). The molecule has 6 nitrogen and oxygen atoms in total. The zero-order valence-corrected chi connectivity index (χ0v) is 15.9. The smallest absolute Gasteiger partial charge is 0.240 e. The second-order valence-electron chi connectivity index (χ2n) is 7.78. The van der Waals surface area contributed by atoms with Crippen molar-refractivity contribution in [3.05, 3.63) is 41.6 Å².